The van der Waals surface area contributed by atoms with Gasteiger partial charge in [0.05, 0.1) is 16.2 Å². The Labute approximate surface area is 153 Å². The van der Waals surface area contributed by atoms with Crippen LogP contribution in [-0.2, 0) is 0 Å². The van der Waals surface area contributed by atoms with E-state index in [4.69, 9.17) is 0 Å². The number of hydrogen-bond donors (Lipinski definition) is 2. The minimum absolute atomic E-state index is 0.0496. The number of hydrogen-bond acceptors (Lipinski definition) is 3. The van der Waals surface area contributed by atoms with Crippen molar-refractivity contribution in [3.05, 3.63) is 45.7 Å². The van der Waals surface area contributed by atoms with E-state index in [0.29, 0.717) is 16.5 Å². The first-order valence-electron chi connectivity index (χ1n) is 7.93. The first kappa shape index (κ1) is 19.4. The topological polar surface area (TPSA) is 67.0 Å². The maximum atomic E-state index is 12.6. The molecule has 1 amide bonds. The van der Waals surface area contributed by atoms with Gasteiger partial charge in [0.2, 0.25) is 0 Å². The highest BCUT2D eigenvalue weighted by atomic mass is 79.9. The Morgan fingerprint density at radius 1 is 1.36 bits per heavy atom. The summed E-state index contributed by atoms with van der Waals surface area (Å²) >= 11 is 3.39. The van der Waals surface area contributed by atoms with Crippen molar-refractivity contribution in [1.82, 2.24) is 15.5 Å². The number of para-hydroxylation sites is 1. The van der Waals surface area contributed by atoms with Gasteiger partial charge in [0.1, 0.15) is 5.75 Å². The number of aromatic nitrogens is 2. The standard InChI is InChI=1S/C17H20BrF2N3O2/c1-4-11(10-7-5-6-8-12(10)25-17(19)20)21-16(24)15-13(18)14(9(2)3)22-23-15/h5-9,11,17H,4H2,1-3H3,(H,21,24)(H,22,23). The van der Waals surface area contributed by atoms with Gasteiger partial charge in [0, 0.05) is 5.56 Å². The van der Waals surface area contributed by atoms with E-state index in [0.717, 1.165) is 5.69 Å². The summed E-state index contributed by atoms with van der Waals surface area (Å²) in [5.41, 5.74) is 1.54. The van der Waals surface area contributed by atoms with Crippen molar-refractivity contribution in [3.8, 4) is 5.75 Å². The lowest BCUT2D eigenvalue weighted by molar-refractivity contribution is -0.0506. The summed E-state index contributed by atoms with van der Waals surface area (Å²) in [6.07, 6.45) is 0.508. The van der Waals surface area contributed by atoms with Crippen molar-refractivity contribution in [3.63, 3.8) is 0 Å². The molecular weight excluding hydrogens is 396 g/mol. The van der Waals surface area contributed by atoms with Crippen LogP contribution in [0.5, 0.6) is 5.75 Å². The van der Waals surface area contributed by atoms with Gasteiger partial charge in [-0.3, -0.25) is 9.89 Å². The Kier molecular flexibility index (Phi) is 6.52. The fraction of sp³-hybridized carbons (Fsp3) is 0.412. The first-order valence-corrected chi connectivity index (χ1v) is 8.72. The van der Waals surface area contributed by atoms with Crippen LogP contribution < -0.4 is 10.1 Å². The molecule has 0 aliphatic rings. The number of halogens is 3. The summed E-state index contributed by atoms with van der Waals surface area (Å²) in [6.45, 7) is 2.88. The number of H-pyrrole nitrogens is 1. The van der Waals surface area contributed by atoms with Gasteiger partial charge < -0.3 is 10.1 Å². The van der Waals surface area contributed by atoms with Crippen LogP contribution >= 0.6 is 15.9 Å². The van der Waals surface area contributed by atoms with Gasteiger partial charge in [-0.05, 0) is 34.3 Å². The molecule has 1 aromatic carbocycles. The number of carbonyl (C=O) groups is 1. The molecule has 0 aliphatic carbocycles. The average molecular weight is 416 g/mol. The third kappa shape index (κ3) is 4.56. The number of aromatic amines is 1. The van der Waals surface area contributed by atoms with Crippen molar-refractivity contribution < 1.29 is 18.3 Å². The molecule has 0 fully saturated rings. The van der Waals surface area contributed by atoms with Crippen LogP contribution in [0, 0.1) is 0 Å². The Hall–Kier alpha value is -1.96. The van der Waals surface area contributed by atoms with Crippen molar-refractivity contribution in [2.45, 2.75) is 45.8 Å². The zero-order valence-corrected chi connectivity index (χ0v) is 15.7. The second-order valence-electron chi connectivity index (χ2n) is 5.81. The fourth-order valence-electron chi connectivity index (χ4n) is 2.47. The van der Waals surface area contributed by atoms with E-state index >= 15 is 0 Å². The molecule has 0 aliphatic heterocycles. The maximum absolute atomic E-state index is 12.6. The predicted octanol–water partition coefficient (Wildman–Crippen LogP) is 4.78. The van der Waals surface area contributed by atoms with Crippen LogP contribution in [0.25, 0.3) is 0 Å². The van der Waals surface area contributed by atoms with Crippen molar-refractivity contribution in [2.24, 2.45) is 0 Å². The molecule has 8 heteroatoms. The van der Waals surface area contributed by atoms with Crippen LogP contribution in [0.15, 0.2) is 28.7 Å². The van der Waals surface area contributed by atoms with E-state index < -0.39 is 18.6 Å². The molecule has 1 aromatic heterocycles. The summed E-state index contributed by atoms with van der Waals surface area (Å²) in [5.74, 6) is -0.173. The fourth-order valence-corrected chi connectivity index (χ4v) is 3.29. The zero-order valence-electron chi connectivity index (χ0n) is 14.1. The summed E-state index contributed by atoms with van der Waals surface area (Å²) in [4.78, 5) is 12.6. The summed E-state index contributed by atoms with van der Waals surface area (Å²) < 4.78 is 30.4. The lowest BCUT2D eigenvalue weighted by Gasteiger charge is -2.20. The van der Waals surface area contributed by atoms with Gasteiger partial charge in [0.15, 0.2) is 5.69 Å². The third-order valence-corrected chi connectivity index (χ3v) is 4.55. The second kappa shape index (κ2) is 8.42. The number of ether oxygens (including phenoxy) is 1. The molecule has 0 spiro atoms. The van der Waals surface area contributed by atoms with Crippen molar-refractivity contribution in [2.75, 3.05) is 0 Å². The predicted molar refractivity (Wildman–Crippen MR) is 93.9 cm³/mol. The summed E-state index contributed by atoms with van der Waals surface area (Å²) in [5, 5.41) is 9.72. The number of nitrogens with zero attached hydrogens (tertiary/aromatic N) is 1. The van der Waals surface area contributed by atoms with Crippen LogP contribution in [0.2, 0.25) is 0 Å². The van der Waals surface area contributed by atoms with Gasteiger partial charge in [0.25, 0.3) is 5.91 Å². The molecule has 2 N–H and O–H groups in total. The number of benzene rings is 1. The summed E-state index contributed by atoms with van der Waals surface area (Å²) in [6, 6.07) is 5.95. The summed E-state index contributed by atoms with van der Waals surface area (Å²) in [7, 11) is 0. The molecule has 2 rings (SSSR count). The van der Waals surface area contributed by atoms with Crippen molar-refractivity contribution in [1.29, 1.82) is 0 Å². The molecule has 25 heavy (non-hydrogen) atoms. The molecule has 5 nitrogen and oxygen atoms in total. The van der Waals surface area contributed by atoms with Crippen LogP contribution in [0.4, 0.5) is 8.78 Å². The monoisotopic (exact) mass is 415 g/mol. The number of rotatable bonds is 7. The van der Waals surface area contributed by atoms with E-state index in [1.807, 2.05) is 20.8 Å². The lowest BCUT2D eigenvalue weighted by atomic mass is 10.0. The lowest BCUT2D eigenvalue weighted by Crippen LogP contribution is -2.29. The highest BCUT2D eigenvalue weighted by molar-refractivity contribution is 9.10. The molecule has 0 saturated carbocycles. The van der Waals surface area contributed by atoms with Gasteiger partial charge in [-0.2, -0.15) is 13.9 Å². The van der Waals surface area contributed by atoms with E-state index in [-0.39, 0.29) is 17.4 Å². The van der Waals surface area contributed by atoms with Crippen LogP contribution in [0.1, 0.15) is 60.9 Å². The van der Waals surface area contributed by atoms with E-state index in [1.165, 1.54) is 6.07 Å². The maximum Gasteiger partial charge on any atom is 0.387 e. The smallest absolute Gasteiger partial charge is 0.387 e. The van der Waals surface area contributed by atoms with Crippen molar-refractivity contribution >= 4 is 21.8 Å². The SMILES string of the molecule is CCC(NC(=O)c1n[nH]c(C(C)C)c1Br)c1ccccc1OC(F)F. The molecule has 2 aromatic rings. The minimum atomic E-state index is -2.93. The van der Waals surface area contributed by atoms with Gasteiger partial charge in [-0.15, -0.1) is 0 Å². The Bertz CT molecular complexity index is 734. The quantitative estimate of drug-likeness (QED) is 0.683. The largest absolute Gasteiger partial charge is 0.434 e. The average Bonchev–Trinajstić information content (AvgIpc) is 2.94. The normalized spacial score (nSPS) is 12.5. The first-order chi connectivity index (χ1) is 11.8. The van der Waals surface area contributed by atoms with Gasteiger partial charge in [-0.25, -0.2) is 0 Å². The Balaban J connectivity index is 2.24. The second-order valence-corrected chi connectivity index (χ2v) is 6.60. The highest BCUT2D eigenvalue weighted by Crippen LogP contribution is 2.30. The number of amides is 1. The Morgan fingerprint density at radius 2 is 2.04 bits per heavy atom. The molecule has 1 heterocycles. The van der Waals surface area contributed by atoms with E-state index in [9.17, 15) is 13.6 Å². The van der Waals surface area contributed by atoms with Gasteiger partial charge >= 0.3 is 6.61 Å². The van der Waals surface area contributed by atoms with Crippen LogP contribution in [-0.4, -0.2) is 22.7 Å². The Morgan fingerprint density at radius 3 is 2.60 bits per heavy atom. The number of carbonyl (C=O) groups excluding carboxylic acids is 1. The zero-order chi connectivity index (χ0) is 18.6. The molecule has 1 unspecified atom stereocenters. The van der Waals surface area contributed by atoms with E-state index in [1.54, 1.807) is 18.2 Å². The third-order valence-electron chi connectivity index (χ3n) is 3.75. The molecule has 1 atom stereocenters. The molecule has 0 radical (unpaired) electrons. The molecule has 0 saturated heterocycles. The van der Waals surface area contributed by atoms with E-state index in [2.05, 4.69) is 36.2 Å². The highest BCUT2D eigenvalue weighted by Gasteiger charge is 2.23. The number of nitrogens with one attached hydrogen (secondary N) is 2. The van der Waals surface area contributed by atoms with Gasteiger partial charge in [-0.1, -0.05) is 39.0 Å². The molecular formula is C17H20BrF2N3O2. The molecule has 136 valence electrons. The molecule has 0 bridgehead atoms. The van der Waals surface area contributed by atoms with Crippen LogP contribution in [0.3, 0.4) is 0 Å². The number of alkyl halides is 2. The minimum Gasteiger partial charge on any atom is -0.434 e.